The minimum atomic E-state index is -0.847. The lowest BCUT2D eigenvalue weighted by Crippen LogP contribution is -2.16. The van der Waals surface area contributed by atoms with E-state index in [-0.39, 0.29) is 18.2 Å². The summed E-state index contributed by atoms with van der Waals surface area (Å²) in [5, 5.41) is 22.5. The summed E-state index contributed by atoms with van der Waals surface area (Å²) in [5.41, 5.74) is -0.354. The van der Waals surface area contributed by atoms with Crippen molar-refractivity contribution in [1.29, 1.82) is 0 Å². The van der Waals surface area contributed by atoms with Crippen molar-refractivity contribution in [3.05, 3.63) is 34.1 Å². The van der Waals surface area contributed by atoms with E-state index in [4.69, 9.17) is 5.11 Å². The molecule has 1 aromatic rings. The first-order chi connectivity index (χ1) is 8.60. The number of halogens is 1. The Morgan fingerprint density at radius 3 is 2.83 bits per heavy atom. The van der Waals surface area contributed by atoms with Crippen molar-refractivity contribution in [3.63, 3.8) is 0 Å². The summed E-state index contributed by atoms with van der Waals surface area (Å²) in [6, 6.07) is 3.97. The number of anilines is 1. The number of nitro benzene ring substituents is 1. The van der Waals surface area contributed by atoms with Gasteiger partial charge in [0.1, 0.15) is 5.69 Å². The molecule has 0 bridgehead atoms. The molecule has 100 valence electrons. The molecule has 1 rings (SSSR count). The predicted molar refractivity (Wildman–Crippen MR) is 67.0 cm³/mol. The highest BCUT2D eigenvalue weighted by Gasteiger charge is 2.20. The highest BCUT2D eigenvalue weighted by molar-refractivity contribution is 5.61. The van der Waals surface area contributed by atoms with Crippen LogP contribution in [0.5, 0.6) is 0 Å². The summed E-state index contributed by atoms with van der Waals surface area (Å²) in [6.07, 6.45) is 1.46. The molecule has 0 aliphatic rings. The maximum absolute atomic E-state index is 13.3. The lowest BCUT2D eigenvalue weighted by Gasteiger charge is -2.15. The molecular formula is C12H17FN2O3. The summed E-state index contributed by atoms with van der Waals surface area (Å²) in [7, 11) is 0. The standard InChI is InChI=1S/C12H17FN2O3/c1-2-9(6-7-16)8-14-11-5-3-4-10(13)12(11)15(17)18/h3-5,9,14,16H,2,6-8H2,1H3. The molecule has 0 aliphatic carbocycles. The van der Waals surface area contributed by atoms with Gasteiger partial charge in [-0.1, -0.05) is 19.4 Å². The zero-order chi connectivity index (χ0) is 13.5. The van der Waals surface area contributed by atoms with Gasteiger partial charge in [-0.3, -0.25) is 10.1 Å². The Morgan fingerprint density at radius 2 is 2.28 bits per heavy atom. The van der Waals surface area contributed by atoms with E-state index in [0.29, 0.717) is 13.0 Å². The summed E-state index contributed by atoms with van der Waals surface area (Å²) < 4.78 is 13.3. The number of para-hydroxylation sites is 1. The fourth-order valence-corrected chi connectivity index (χ4v) is 1.73. The van der Waals surface area contributed by atoms with Crippen molar-refractivity contribution in [1.82, 2.24) is 0 Å². The zero-order valence-corrected chi connectivity index (χ0v) is 10.2. The van der Waals surface area contributed by atoms with Crippen molar-refractivity contribution in [2.45, 2.75) is 19.8 Å². The van der Waals surface area contributed by atoms with Crippen LogP contribution < -0.4 is 5.32 Å². The number of hydrogen-bond donors (Lipinski definition) is 2. The van der Waals surface area contributed by atoms with E-state index in [1.165, 1.54) is 12.1 Å². The normalized spacial score (nSPS) is 12.2. The van der Waals surface area contributed by atoms with Crippen molar-refractivity contribution in [2.75, 3.05) is 18.5 Å². The lowest BCUT2D eigenvalue weighted by molar-refractivity contribution is -0.386. The molecule has 0 saturated carbocycles. The number of benzene rings is 1. The summed E-state index contributed by atoms with van der Waals surface area (Å²) >= 11 is 0. The minimum absolute atomic E-state index is 0.0748. The van der Waals surface area contributed by atoms with Crippen LogP contribution >= 0.6 is 0 Å². The third-order valence-corrected chi connectivity index (χ3v) is 2.87. The van der Waals surface area contributed by atoms with E-state index in [2.05, 4.69) is 5.32 Å². The average Bonchev–Trinajstić information content (AvgIpc) is 2.33. The minimum Gasteiger partial charge on any atom is -0.396 e. The Balaban J connectivity index is 2.78. The fourth-order valence-electron chi connectivity index (χ4n) is 1.73. The Morgan fingerprint density at radius 1 is 1.56 bits per heavy atom. The molecule has 6 heteroatoms. The number of nitro groups is 1. The van der Waals surface area contributed by atoms with Crippen molar-refractivity contribution in [3.8, 4) is 0 Å². The van der Waals surface area contributed by atoms with Crippen molar-refractivity contribution < 1.29 is 14.4 Å². The largest absolute Gasteiger partial charge is 0.396 e. The second-order valence-corrected chi connectivity index (χ2v) is 4.06. The molecule has 0 amide bonds. The van der Waals surface area contributed by atoms with Crippen LogP contribution in [-0.4, -0.2) is 23.2 Å². The van der Waals surface area contributed by atoms with Crippen LogP contribution in [0.2, 0.25) is 0 Å². The molecule has 1 aromatic carbocycles. The first-order valence-electron chi connectivity index (χ1n) is 5.87. The molecular weight excluding hydrogens is 239 g/mol. The first kappa shape index (κ1) is 14.4. The number of aliphatic hydroxyl groups excluding tert-OH is 1. The third-order valence-electron chi connectivity index (χ3n) is 2.87. The van der Waals surface area contributed by atoms with E-state index in [1.807, 2.05) is 6.92 Å². The number of nitrogens with zero attached hydrogens (tertiary/aromatic N) is 1. The molecule has 0 saturated heterocycles. The van der Waals surface area contributed by atoms with E-state index in [9.17, 15) is 14.5 Å². The highest BCUT2D eigenvalue weighted by Crippen LogP contribution is 2.27. The van der Waals surface area contributed by atoms with Crippen LogP contribution in [0.25, 0.3) is 0 Å². The Bertz CT molecular complexity index is 412. The van der Waals surface area contributed by atoms with Gasteiger partial charge in [0, 0.05) is 13.2 Å². The third kappa shape index (κ3) is 3.66. The topological polar surface area (TPSA) is 75.4 Å². The molecule has 5 nitrogen and oxygen atoms in total. The van der Waals surface area contributed by atoms with Crippen LogP contribution in [0.4, 0.5) is 15.8 Å². The smallest absolute Gasteiger partial charge is 0.327 e. The summed E-state index contributed by atoms with van der Waals surface area (Å²) in [5.74, 6) is -0.641. The van der Waals surface area contributed by atoms with Gasteiger partial charge in [-0.25, -0.2) is 0 Å². The maximum atomic E-state index is 13.3. The first-order valence-corrected chi connectivity index (χ1v) is 5.87. The van der Waals surface area contributed by atoms with Gasteiger partial charge in [-0.05, 0) is 24.5 Å². The molecule has 18 heavy (non-hydrogen) atoms. The second-order valence-electron chi connectivity index (χ2n) is 4.06. The summed E-state index contributed by atoms with van der Waals surface area (Å²) in [6.45, 7) is 2.52. The predicted octanol–water partition coefficient (Wildman–Crippen LogP) is 2.55. The van der Waals surface area contributed by atoms with Crippen LogP contribution in [0, 0.1) is 21.8 Å². The summed E-state index contributed by atoms with van der Waals surface area (Å²) in [4.78, 5) is 10.0. The van der Waals surface area contributed by atoms with Gasteiger partial charge in [0.05, 0.1) is 4.92 Å². The van der Waals surface area contributed by atoms with Crippen LogP contribution in [-0.2, 0) is 0 Å². The zero-order valence-electron chi connectivity index (χ0n) is 10.2. The fraction of sp³-hybridized carbons (Fsp3) is 0.500. The molecule has 0 fully saturated rings. The molecule has 2 N–H and O–H groups in total. The number of hydrogen-bond acceptors (Lipinski definition) is 4. The Hall–Kier alpha value is -1.69. The SMILES string of the molecule is CCC(CCO)CNc1cccc(F)c1[N+](=O)[O-]. The van der Waals surface area contributed by atoms with Gasteiger partial charge < -0.3 is 10.4 Å². The van der Waals surface area contributed by atoms with Crippen LogP contribution in [0.3, 0.4) is 0 Å². The second kappa shape index (κ2) is 6.90. The Labute approximate surface area is 105 Å². The number of aliphatic hydroxyl groups is 1. The average molecular weight is 256 g/mol. The Kier molecular flexibility index (Phi) is 5.51. The van der Waals surface area contributed by atoms with Crippen molar-refractivity contribution >= 4 is 11.4 Å². The van der Waals surface area contributed by atoms with Gasteiger partial charge in [-0.15, -0.1) is 0 Å². The molecule has 0 radical (unpaired) electrons. The highest BCUT2D eigenvalue weighted by atomic mass is 19.1. The van der Waals surface area contributed by atoms with Crippen LogP contribution in [0.15, 0.2) is 18.2 Å². The van der Waals surface area contributed by atoms with E-state index in [1.54, 1.807) is 0 Å². The van der Waals surface area contributed by atoms with Gasteiger partial charge in [-0.2, -0.15) is 4.39 Å². The van der Waals surface area contributed by atoms with E-state index < -0.39 is 16.4 Å². The van der Waals surface area contributed by atoms with Gasteiger partial charge in [0.15, 0.2) is 0 Å². The molecule has 0 heterocycles. The lowest BCUT2D eigenvalue weighted by atomic mass is 10.0. The molecule has 1 atom stereocenters. The molecule has 0 aromatic heterocycles. The quantitative estimate of drug-likeness (QED) is 0.580. The van der Waals surface area contributed by atoms with Gasteiger partial charge in [0.2, 0.25) is 5.82 Å². The maximum Gasteiger partial charge on any atom is 0.327 e. The van der Waals surface area contributed by atoms with E-state index >= 15 is 0 Å². The van der Waals surface area contributed by atoms with Crippen LogP contribution in [0.1, 0.15) is 19.8 Å². The molecule has 0 spiro atoms. The monoisotopic (exact) mass is 256 g/mol. The van der Waals surface area contributed by atoms with E-state index in [0.717, 1.165) is 12.5 Å². The number of nitrogens with one attached hydrogen (secondary N) is 1. The van der Waals surface area contributed by atoms with Crippen molar-refractivity contribution in [2.24, 2.45) is 5.92 Å². The molecule has 1 unspecified atom stereocenters. The molecule has 0 aliphatic heterocycles. The van der Waals surface area contributed by atoms with Gasteiger partial charge >= 0.3 is 5.69 Å². The van der Waals surface area contributed by atoms with Gasteiger partial charge in [0.25, 0.3) is 0 Å². The number of rotatable bonds is 7.